The minimum Gasteiger partial charge on any atom is -0.480 e. The van der Waals surface area contributed by atoms with Gasteiger partial charge in [0.1, 0.15) is 58.3 Å². The van der Waals surface area contributed by atoms with Crippen LogP contribution in [-0.2, 0) is 41.6 Å². The molecule has 0 saturated carbocycles. The molecule has 6 N–H and O–H groups in total. The molecule has 0 unspecified atom stereocenters. The molecule has 0 fully saturated rings. The molecule has 0 atom stereocenters. The van der Waals surface area contributed by atoms with Gasteiger partial charge in [-0.25, -0.2) is 29.9 Å². The third-order valence-corrected chi connectivity index (χ3v) is 33.6. The van der Waals surface area contributed by atoms with Gasteiger partial charge >= 0.3 is 35.8 Å². The first-order valence-electron chi connectivity index (χ1n) is 47.3. The molecule has 12 aromatic carbocycles. The van der Waals surface area contributed by atoms with Gasteiger partial charge in [0.25, 0.3) is 0 Å². The maximum Gasteiger partial charge on any atom is 0.319 e. The zero-order valence-corrected chi connectivity index (χ0v) is 96.2. The maximum absolute atomic E-state index is 11.5. The van der Waals surface area contributed by atoms with Gasteiger partial charge < -0.3 is 30.6 Å². The smallest absolute Gasteiger partial charge is 0.319 e. The Labute approximate surface area is 926 Å². The molecular formula is C113H112Br2Cl4N12O12S6. The number of carboxylic acids is 6. The summed E-state index contributed by atoms with van der Waals surface area (Å²) >= 11 is 39.8. The Bertz CT molecular complexity index is 7770. The number of aromatic nitrogens is 12. The van der Waals surface area contributed by atoms with E-state index in [1.54, 1.807) is 129 Å². The van der Waals surface area contributed by atoms with Gasteiger partial charge in [-0.05, 0) is 243 Å². The molecule has 0 saturated heterocycles. The largest absolute Gasteiger partial charge is 0.480 e. The van der Waals surface area contributed by atoms with Crippen LogP contribution in [0.15, 0.2) is 302 Å². The van der Waals surface area contributed by atoms with E-state index in [1.165, 1.54) is 120 Å². The van der Waals surface area contributed by atoms with E-state index < -0.39 is 64.3 Å². The van der Waals surface area contributed by atoms with Crippen molar-refractivity contribution in [2.45, 2.75) is 216 Å². The second-order valence-electron chi connectivity index (χ2n) is 38.2. The number of carbonyl (C=O) groups is 6. The quantitative estimate of drug-likeness (QED) is 0.0248. The molecule has 24 nitrogen and oxygen atoms in total. The lowest BCUT2D eigenvalue weighted by molar-refractivity contribution is -0.139. The van der Waals surface area contributed by atoms with E-state index in [0.29, 0.717) is 63.4 Å². The Hall–Kier alpha value is -11.5. The van der Waals surface area contributed by atoms with Crippen molar-refractivity contribution in [2.75, 3.05) is 0 Å². The van der Waals surface area contributed by atoms with E-state index in [2.05, 4.69) is 201 Å². The van der Waals surface area contributed by atoms with Gasteiger partial charge in [-0.3, -0.25) is 56.2 Å². The van der Waals surface area contributed by atoms with Crippen LogP contribution in [0.2, 0.25) is 20.6 Å². The number of benzene rings is 12. The Morgan fingerprint density at radius 2 is 0.490 bits per heavy atom. The standard InChI is InChI=1S/C20H21BrN2O2S.C20H21ClN2O2S.C19H19BrN2O2S.C19H19ClN2O2S.C18H17ClN2O2S.C17H15ClN2O2S/c2*1-12(2)13-9-10-16(15-8-6-5-7-14(13)15)23-17(21)11-22-19(23)26-20(3,4)18(24)25;2*1-4-12-9-10-15(14-8-6-5-7-13(12)14)22-16(20)11-21-18(22)25-19(2,3)17(23)24;1-11-8-9-14(13-7-5-4-6-12(11)13)21-15(19)10-20-17(21)24-18(2,3)16(22)23;1-17(2,15(21)22)23-16-19-10-14(18)20(16)13-9-5-7-11-6-3-4-8-12(11)13/h2*5-12H,1-4H3,(H,24,25);2*5-11H,4H2,1-3H3,(H,23,24);4-10H,1-3H3,(H,22,23);3-10H,1-2H3,(H,21,22). The highest BCUT2D eigenvalue weighted by Crippen LogP contribution is 2.47. The molecule has 0 amide bonds. The van der Waals surface area contributed by atoms with E-state index in [9.17, 15) is 59.4 Å². The van der Waals surface area contributed by atoms with E-state index in [-0.39, 0.29) is 0 Å². The molecule has 36 heteroatoms. The van der Waals surface area contributed by atoms with Gasteiger partial charge in [-0.2, -0.15) is 0 Å². The van der Waals surface area contributed by atoms with Gasteiger partial charge in [0.15, 0.2) is 30.9 Å². The van der Waals surface area contributed by atoms with Gasteiger partial charge in [0, 0.05) is 32.3 Å². The second-order valence-corrected chi connectivity index (χ2v) is 50.9. The molecule has 18 aromatic rings. The number of imidazole rings is 6. The summed E-state index contributed by atoms with van der Waals surface area (Å²) in [4.78, 5) is 95.1. The molecule has 774 valence electrons. The Balaban J connectivity index is 0.000000149. The lowest BCUT2D eigenvalue weighted by Gasteiger charge is -2.20. The summed E-state index contributed by atoms with van der Waals surface area (Å²) in [6.45, 7) is 35.0. The molecule has 0 aliphatic heterocycles. The zero-order valence-electron chi connectivity index (χ0n) is 85.1. The van der Waals surface area contributed by atoms with Gasteiger partial charge in [0.05, 0.1) is 71.3 Å². The van der Waals surface area contributed by atoms with Gasteiger partial charge in [-0.15, -0.1) is 0 Å². The number of aliphatic carboxylic acids is 6. The monoisotopic (exact) mass is 2320 g/mol. The third-order valence-electron chi connectivity index (χ3n) is 24.5. The van der Waals surface area contributed by atoms with Crippen LogP contribution in [-0.4, -0.2) is 152 Å². The summed E-state index contributed by atoms with van der Waals surface area (Å²) in [5.74, 6) is -4.50. The minimum atomic E-state index is -1.01. The summed E-state index contributed by atoms with van der Waals surface area (Å²) < 4.78 is 6.79. The Morgan fingerprint density at radius 1 is 0.275 bits per heavy atom. The molecule has 6 aromatic heterocycles. The van der Waals surface area contributed by atoms with Crippen molar-refractivity contribution in [2.24, 2.45) is 0 Å². The third kappa shape index (κ3) is 25.8. The van der Waals surface area contributed by atoms with Crippen molar-refractivity contribution in [3.63, 3.8) is 0 Å². The van der Waals surface area contributed by atoms with Crippen molar-refractivity contribution in [3.8, 4) is 34.1 Å². The topological polar surface area (TPSA) is 331 Å². The number of carboxylic acid groups (broad SMARTS) is 6. The fourth-order valence-electron chi connectivity index (χ4n) is 16.0. The molecule has 0 aliphatic carbocycles. The maximum atomic E-state index is 11.5. The minimum absolute atomic E-state index is 0.395. The number of aryl methyl sites for hydroxylation is 3. The fraction of sp³-hybridized carbons (Fsp3) is 0.257. The van der Waals surface area contributed by atoms with Crippen LogP contribution in [0.25, 0.3) is 98.8 Å². The highest BCUT2D eigenvalue weighted by Gasteiger charge is 2.38. The normalized spacial score (nSPS) is 11.9. The number of rotatable bonds is 28. The summed E-state index contributed by atoms with van der Waals surface area (Å²) in [7, 11) is 0. The van der Waals surface area contributed by atoms with Crippen LogP contribution in [0.3, 0.4) is 0 Å². The van der Waals surface area contributed by atoms with E-state index in [1.807, 2.05) is 152 Å². The first-order chi connectivity index (χ1) is 70.3. The number of hydrogen-bond acceptors (Lipinski definition) is 18. The summed E-state index contributed by atoms with van der Waals surface area (Å²) in [6.07, 6.45) is 11.5. The summed E-state index contributed by atoms with van der Waals surface area (Å²) in [5, 5.41) is 75.3. The number of hydrogen-bond donors (Lipinski definition) is 6. The summed E-state index contributed by atoms with van der Waals surface area (Å²) in [5.41, 5.74) is 11.8. The second kappa shape index (κ2) is 48.0. The SMILES string of the molecule is CC(C)(Sc1ncc(Cl)n1-c1cccc2ccccc12)C(=O)O.CC(C)c1ccc(-n2c(Br)cnc2SC(C)(C)C(=O)O)c2ccccc12.CC(C)c1ccc(-n2c(Cl)cnc2SC(C)(C)C(=O)O)c2ccccc12.CCc1ccc(-n2c(Br)cnc2SC(C)(C)C(=O)O)c2ccccc12.CCc1ccc(-n2c(Cl)cnc2SC(C)(C)C(=O)O)c2ccccc12.Cc1ccc(-n2c(Cl)cnc2SC(C)(C)C(=O)O)c2ccccc12. The Kier molecular flexibility index (Phi) is 36.9. The van der Waals surface area contributed by atoms with Crippen LogP contribution in [0.1, 0.15) is 164 Å². The average Bonchev–Trinajstić information content (AvgIpc) is 1.28. The first-order valence-corrected chi connectivity index (χ1v) is 55.3. The van der Waals surface area contributed by atoms with E-state index in [0.717, 1.165) is 99.3 Å². The number of halogens is 6. The van der Waals surface area contributed by atoms with Crippen LogP contribution in [0.5, 0.6) is 0 Å². The first kappa shape index (κ1) is 115. The highest BCUT2D eigenvalue weighted by molar-refractivity contribution is 9.10. The predicted molar refractivity (Wildman–Crippen MR) is 619 cm³/mol. The molecule has 6 heterocycles. The van der Waals surface area contributed by atoms with Crippen molar-refractivity contribution in [1.82, 2.24) is 57.3 Å². The van der Waals surface area contributed by atoms with Crippen LogP contribution < -0.4 is 0 Å². The van der Waals surface area contributed by atoms with Crippen LogP contribution in [0, 0.1) is 6.92 Å². The highest BCUT2D eigenvalue weighted by atomic mass is 79.9. The van der Waals surface area contributed by atoms with Crippen molar-refractivity contribution >= 4 is 249 Å². The molecule has 0 bridgehead atoms. The van der Waals surface area contributed by atoms with E-state index >= 15 is 0 Å². The molecule has 0 spiro atoms. The molecule has 0 aliphatic rings. The predicted octanol–water partition coefficient (Wildman–Crippen LogP) is 31.7. The molecular weight excluding hydrogens is 2210 g/mol. The average molecular weight is 2320 g/mol. The number of fused-ring (bicyclic) bond motifs is 6. The molecule has 149 heavy (non-hydrogen) atoms. The zero-order chi connectivity index (χ0) is 109. The molecule has 18 rings (SSSR count). The van der Waals surface area contributed by atoms with Crippen molar-refractivity contribution < 1.29 is 59.4 Å². The van der Waals surface area contributed by atoms with Crippen molar-refractivity contribution in [1.29, 1.82) is 0 Å². The number of nitrogens with zero attached hydrogens (tertiary/aromatic N) is 12. The lowest BCUT2D eigenvalue weighted by Crippen LogP contribution is -2.27. The van der Waals surface area contributed by atoms with Crippen LogP contribution >= 0.6 is 149 Å². The fourth-order valence-corrected chi connectivity index (χ4v) is 23.9. The van der Waals surface area contributed by atoms with Crippen LogP contribution in [0.4, 0.5) is 0 Å². The van der Waals surface area contributed by atoms with Gasteiger partial charge in [0.2, 0.25) is 0 Å². The molecule has 0 radical (unpaired) electrons. The lowest BCUT2D eigenvalue weighted by atomic mass is 9.95. The van der Waals surface area contributed by atoms with Gasteiger partial charge in [-0.1, -0.05) is 347 Å². The van der Waals surface area contributed by atoms with E-state index in [4.69, 9.17) is 46.4 Å². The Morgan fingerprint density at radius 3 is 0.779 bits per heavy atom. The number of thioether (sulfide) groups is 6. The van der Waals surface area contributed by atoms with Crippen molar-refractivity contribution in [3.05, 3.63) is 319 Å². The summed E-state index contributed by atoms with van der Waals surface area (Å²) in [6, 6.07) is 75.6.